The molecule has 0 saturated heterocycles. The van der Waals surface area contributed by atoms with Crippen molar-refractivity contribution in [2.75, 3.05) is 10.6 Å². The Balaban J connectivity index is 1.39. The Morgan fingerprint density at radius 1 is 1.00 bits per heavy atom. The van der Waals surface area contributed by atoms with Crippen molar-refractivity contribution in [1.29, 1.82) is 0 Å². The second-order valence-electron chi connectivity index (χ2n) is 6.78. The Kier molecular flexibility index (Phi) is 5.20. The van der Waals surface area contributed by atoms with Gasteiger partial charge in [0.25, 0.3) is 5.56 Å². The highest BCUT2D eigenvalue weighted by Crippen LogP contribution is 2.30. The normalized spacial score (nSPS) is 11.5. The minimum absolute atomic E-state index is 0.0313. The smallest absolute Gasteiger partial charge is 0.341 e. The number of hydrogen-bond acceptors (Lipinski definition) is 3. The molecule has 0 saturated carbocycles. The first-order chi connectivity index (χ1) is 14.8. The standard InChI is InChI=1S/C21H16F3N5O2/c22-21(23,24)13-2-1-3-15(11-13)27-20(31)26-14-6-4-12(5-7-14)10-17-28-16-8-9-25-19(30)18(16)29-17/h1-9,11H,10H2,(H,25,30)(H,28,29)(H2,26,27,31). The number of alkyl halides is 3. The SMILES string of the molecule is O=C(Nc1ccc(Cc2nc3c(=O)[nH]ccc3[nH]2)cc1)Nc1cccc(C(F)(F)F)c1. The molecule has 4 N–H and O–H groups in total. The highest BCUT2D eigenvalue weighted by atomic mass is 19.4. The predicted octanol–water partition coefficient (Wildman–Crippen LogP) is 4.50. The van der Waals surface area contributed by atoms with Crippen LogP contribution in [0.1, 0.15) is 17.0 Å². The first-order valence-corrected chi connectivity index (χ1v) is 9.18. The summed E-state index contributed by atoms with van der Waals surface area (Å²) in [5.74, 6) is 0.620. The fourth-order valence-corrected chi connectivity index (χ4v) is 3.05. The molecule has 0 radical (unpaired) electrons. The van der Waals surface area contributed by atoms with E-state index in [1.165, 1.54) is 18.3 Å². The number of amides is 2. The van der Waals surface area contributed by atoms with Crippen LogP contribution in [0.4, 0.5) is 29.3 Å². The largest absolute Gasteiger partial charge is 0.416 e. The second-order valence-corrected chi connectivity index (χ2v) is 6.78. The topological polar surface area (TPSA) is 103 Å². The predicted molar refractivity (Wildman–Crippen MR) is 110 cm³/mol. The van der Waals surface area contributed by atoms with E-state index in [0.717, 1.165) is 17.7 Å². The molecule has 4 aromatic rings. The lowest BCUT2D eigenvalue weighted by molar-refractivity contribution is -0.137. The van der Waals surface area contributed by atoms with E-state index in [2.05, 4.69) is 25.6 Å². The molecule has 0 atom stereocenters. The first-order valence-electron chi connectivity index (χ1n) is 9.18. The number of halogens is 3. The monoisotopic (exact) mass is 427 g/mol. The van der Waals surface area contributed by atoms with Crippen LogP contribution in [0.25, 0.3) is 11.0 Å². The average molecular weight is 427 g/mol. The van der Waals surface area contributed by atoms with Crippen molar-refractivity contribution in [2.45, 2.75) is 12.6 Å². The molecule has 7 nitrogen and oxygen atoms in total. The molecule has 0 aliphatic carbocycles. The van der Waals surface area contributed by atoms with Gasteiger partial charge in [0.05, 0.1) is 11.1 Å². The zero-order valence-electron chi connectivity index (χ0n) is 15.9. The summed E-state index contributed by atoms with van der Waals surface area (Å²) in [5.41, 5.74) is 1.25. The zero-order valence-corrected chi connectivity index (χ0v) is 15.9. The van der Waals surface area contributed by atoms with Crippen molar-refractivity contribution in [2.24, 2.45) is 0 Å². The molecule has 31 heavy (non-hydrogen) atoms. The molecule has 158 valence electrons. The Hall–Kier alpha value is -4.08. The summed E-state index contributed by atoms with van der Waals surface area (Å²) >= 11 is 0. The molecule has 0 fully saturated rings. The molecule has 2 aromatic carbocycles. The highest BCUT2D eigenvalue weighted by molar-refractivity contribution is 5.99. The fraction of sp³-hybridized carbons (Fsp3) is 0.0952. The van der Waals surface area contributed by atoms with E-state index in [1.807, 2.05) is 0 Å². The number of pyridine rings is 1. The number of rotatable bonds is 4. The van der Waals surface area contributed by atoms with E-state index < -0.39 is 17.8 Å². The maximum absolute atomic E-state index is 12.8. The van der Waals surface area contributed by atoms with Crippen LogP contribution in [0.5, 0.6) is 0 Å². The van der Waals surface area contributed by atoms with Crippen LogP contribution in [0.15, 0.2) is 65.6 Å². The number of aromatic nitrogens is 3. The van der Waals surface area contributed by atoms with Gasteiger partial charge in [0, 0.05) is 24.0 Å². The van der Waals surface area contributed by atoms with Crippen LogP contribution in [0.2, 0.25) is 0 Å². The van der Waals surface area contributed by atoms with Gasteiger partial charge in [-0.2, -0.15) is 13.2 Å². The van der Waals surface area contributed by atoms with Crippen molar-refractivity contribution in [3.8, 4) is 0 Å². The van der Waals surface area contributed by atoms with Gasteiger partial charge in [-0.25, -0.2) is 9.78 Å². The summed E-state index contributed by atoms with van der Waals surface area (Å²) in [6.45, 7) is 0. The lowest BCUT2D eigenvalue weighted by Crippen LogP contribution is -2.19. The summed E-state index contributed by atoms with van der Waals surface area (Å²) in [7, 11) is 0. The number of carbonyl (C=O) groups is 1. The van der Waals surface area contributed by atoms with Crippen molar-refractivity contribution >= 4 is 28.4 Å². The molecule has 0 unspecified atom stereocenters. The number of anilines is 2. The van der Waals surface area contributed by atoms with Crippen LogP contribution in [-0.4, -0.2) is 21.0 Å². The van der Waals surface area contributed by atoms with Crippen molar-refractivity contribution in [3.05, 3.63) is 88.1 Å². The van der Waals surface area contributed by atoms with E-state index in [1.54, 1.807) is 30.3 Å². The summed E-state index contributed by atoms with van der Waals surface area (Å²) in [6.07, 6.45) is -2.50. The lowest BCUT2D eigenvalue weighted by Gasteiger charge is -2.11. The van der Waals surface area contributed by atoms with Gasteiger partial charge in [0.2, 0.25) is 0 Å². The zero-order chi connectivity index (χ0) is 22.0. The maximum atomic E-state index is 12.8. The van der Waals surface area contributed by atoms with Gasteiger partial charge >= 0.3 is 12.2 Å². The maximum Gasteiger partial charge on any atom is 0.416 e. The van der Waals surface area contributed by atoms with Gasteiger partial charge in [0.15, 0.2) is 5.52 Å². The average Bonchev–Trinajstić information content (AvgIpc) is 3.13. The number of H-pyrrole nitrogens is 2. The van der Waals surface area contributed by atoms with Gasteiger partial charge in [-0.15, -0.1) is 0 Å². The third-order valence-corrected chi connectivity index (χ3v) is 4.49. The van der Waals surface area contributed by atoms with Gasteiger partial charge in [-0.05, 0) is 42.0 Å². The number of imidazole rings is 1. The number of fused-ring (bicyclic) bond motifs is 1. The molecule has 0 spiro atoms. The Morgan fingerprint density at radius 3 is 2.45 bits per heavy atom. The van der Waals surface area contributed by atoms with Crippen LogP contribution in [-0.2, 0) is 12.6 Å². The number of nitrogens with zero attached hydrogens (tertiary/aromatic N) is 1. The summed E-state index contributed by atoms with van der Waals surface area (Å²) in [5, 5.41) is 4.95. The molecule has 2 amide bonds. The summed E-state index contributed by atoms with van der Waals surface area (Å²) < 4.78 is 38.3. The third-order valence-electron chi connectivity index (χ3n) is 4.49. The number of urea groups is 1. The first kappa shape index (κ1) is 20.2. The molecule has 0 aliphatic rings. The van der Waals surface area contributed by atoms with Crippen molar-refractivity contribution < 1.29 is 18.0 Å². The van der Waals surface area contributed by atoms with Crippen LogP contribution in [0.3, 0.4) is 0 Å². The number of carbonyl (C=O) groups excluding carboxylic acids is 1. The number of hydrogen-bond donors (Lipinski definition) is 4. The molecule has 0 bridgehead atoms. The van der Waals surface area contributed by atoms with E-state index in [-0.39, 0.29) is 11.2 Å². The lowest BCUT2D eigenvalue weighted by atomic mass is 10.1. The van der Waals surface area contributed by atoms with Crippen molar-refractivity contribution in [1.82, 2.24) is 15.0 Å². The minimum Gasteiger partial charge on any atom is -0.341 e. The summed E-state index contributed by atoms with van der Waals surface area (Å²) in [4.78, 5) is 33.8. The van der Waals surface area contributed by atoms with Crippen molar-refractivity contribution in [3.63, 3.8) is 0 Å². The second kappa shape index (κ2) is 7.98. The molecule has 4 rings (SSSR count). The van der Waals surface area contributed by atoms with Crippen LogP contribution in [0, 0.1) is 0 Å². The quantitative estimate of drug-likeness (QED) is 0.385. The molecule has 2 heterocycles. The van der Waals surface area contributed by atoms with Crippen LogP contribution >= 0.6 is 0 Å². The Labute approximate surface area is 173 Å². The number of aromatic amines is 2. The number of nitrogens with one attached hydrogen (secondary N) is 4. The van der Waals surface area contributed by atoms with E-state index >= 15 is 0 Å². The molecule has 2 aromatic heterocycles. The molecule has 10 heteroatoms. The Bertz CT molecular complexity index is 1290. The third kappa shape index (κ3) is 4.74. The molecule has 0 aliphatic heterocycles. The fourth-order valence-electron chi connectivity index (χ4n) is 3.05. The Morgan fingerprint density at radius 2 is 1.74 bits per heavy atom. The van der Waals surface area contributed by atoms with E-state index in [0.29, 0.717) is 29.0 Å². The van der Waals surface area contributed by atoms with Gasteiger partial charge < -0.3 is 20.6 Å². The van der Waals surface area contributed by atoms with E-state index in [4.69, 9.17) is 0 Å². The van der Waals surface area contributed by atoms with Gasteiger partial charge in [0.1, 0.15) is 5.82 Å². The summed E-state index contributed by atoms with van der Waals surface area (Å²) in [6, 6.07) is 12.3. The highest BCUT2D eigenvalue weighted by Gasteiger charge is 2.30. The molecular formula is C21H16F3N5O2. The van der Waals surface area contributed by atoms with Gasteiger partial charge in [-0.3, -0.25) is 4.79 Å². The van der Waals surface area contributed by atoms with E-state index in [9.17, 15) is 22.8 Å². The minimum atomic E-state index is -4.49. The van der Waals surface area contributed by atoms with Crippen LogP contribution < -0.4 is 16.2 Å². The molecular weight excluding hydrogens is 411 g/mol. The number of benzene rings is 2. The van der Waals surface area contributed by atoms with Gasteiger partial charge in [-0.1, -0.05) is 18.2 Å².